The predicted octanol–water partition coefficient (Wildman–Crippen LogP) is 19.2. The number of unbranched alkanes of at least 4 members (excludes halogenated alkanes) is 45. The van der Waals surface area contributed by atoms with Crippen molar-refractivity contribution in [1.82, 2.24) is 5.32 Å². The molecule has 6 heteroatoms. The van der Waals surface area contributed by atoms with Crippen LogP contribution in [0.15, 0.2) is 12.2 Å². The lowest BCUT2D eigenvalue weighted by Crippen LogP contribution is -2.45. The van der Waals surface area contributed by atoms with Crippen LogP contribution in [0.4, 0.5) is 0 Å². The number of hydrogen-bond donors (Lipinski definition) is 3. The van der Waals surface area contributed by atoms with Gasteiger partial charge in [0.2, 0.25) is 5.91 Å². The molecular formula is C62H121NO5. The number of carbonyl (C=O) groups is 2. The van der Waals surface area contributed by atoms with Crippen molar-refractivity contribution in [2.24, 2.45) is 0 Å². The standard InChI is InChI=1S/C62H121NO5/c1-3-5-7-9-11-13-15-16-17-18-26-29-32-36-40-44-48-52-56-62(67)68-57-53-49-45-41-37-33-30-27-24-22-20-19-21-23-25-28-31-35-39-43-47-51-55-61(66)63-59(58-64)60(65)54-50-46-42-38-34-14-12-10-8-6-4-2/h21,23,59-60,64-65H,3-20,22,24-58H2,1-2H3,(H,63,66)/b23-21-. The minimum atomic E-state index is -0.666. The van der Waals surface area contributed by atoms with Gasteiger partial charge in [0.05, 0.1) is 25.4 Å². The van der Waals surface area contributed by atoms with E-state index in [2.05, 4.69) is 31.3 Å². The van der Waals surface area contributed by atoms with Gasteiger partial charge in [0.1, 0.15) is 0 Å². The maximum absolute atomic E-state index is 12.4. The lowest BCUT2D eigenvalue weighted by atomic mass is 10.0. The van der Waals surface area contributed by atoms with Crippen LogP contribution < -0.4 is 5.32 Å². The van der Waals surface area contributed by atoms with Gasteiger partial charge in [-0.2, -0.15) is 0 Å². The van der Waals surface area contributed by atoms with E-state index in [9.17, 15) is 19.8 Å². The van der Waals surface area contributed by atoms with Crippen LogP contribution in [0.1, 0.15) is 348 Å². The van der Waals surface area contributed by atoms with Gasteiger partial charge in [-0.15, -0.1) is 0 Å². The number of nitrogens with one attached hydrogen (secondary N) is 1. The number of aliphatic hydroxyl groups is 2. The van der Waals surface area contributed by atoms with E-state index in [0.717, 1.165) is 38.5 Å². The number of ether oxygens (including phenoxy) is 1. The van der Waals surface area contributed by atoms with E-state index >= 15 is 0 Å². The fourth-order valence-corrected chi connectivity index (χ4v) is 9.81. The van der Waals surface area contributed by atoms with Gasteiger partial charge in [0.15, 0.2) is 0 Å². The largest absolute Gasteiger partial charge is 0.466 e. The summed E-state index contributed by atoms with van der Waals surface area (Å²) in [6.45, 7) is 4.96. The lowest BCUT2D eigenvalue weighted by molar-refractivity contribution is -0.143. The van der Waals surface area contributed by atoms with Gasteiger partial charge >= 0.3 is 5.97 Å². The molecule has 2 unspecified atom stereocenters. The Labute approximate surface area is 425 Å². The maximum Gasteiger partial charge on any atom is 0.305 e. The molecule has 0 radical (unpaired) electrons. The Morgan fingerprint density at radius 3 is 1.04 bits per heavy atom. The molecule has 404 valence electrons. The minimum Gasteiger partial charge on any atom is -0.466 e. The highest BCUT2D eigenvalue weighted by Gasteiger charge is 2.20. The summed E-state index contributed by atoms with van der Waals surface area (Å²) in [5.74, 6) is -0.0267. The average Bonchev–Trinajstić information content (AvgIpc) is 3.34. The zero-order valence-electron chi connectivity index (χ0n) is 46.1. The Bertz CT molecular complexity index is 1020. The Morgan fingerprint density at radius 2 is 0.691 bits per heavy atom. The quantitative estimate of drug-likeness (QED) is 0.0321. The summed E-state index contributed by atoms with van der Waals surface area (Å²) in [7, 11) is 0. The second kappa shape index (κ2) is 58.2. The number of amides is 1. The summed E-state index contributed by atoms with van der Waals surface area (Å²) in [5.41, 5.74) is 0. The van der Waals surface area contributed by atoms with Crippen molar-refractivity contribution in [3.63, 3.8) is 0 Å². The van der Waals surface area contributed by atoms with Crippen molar-refractivity contribution in [2.45, 2.75) is 360 Å². The minimum absolute atomic E-state index is 0.0149. The normalized spacial score (nSPS) is 12.6. The fraction of sp³-hybridized carbons (Fsp3) is 0.935. The molecule has 0 heterocycles. The Balaban J connectivity index is 3.37. The molecule has 1 amide bonds. The van der Waals surface area contributed by atoms with Gasteiger partial charge in [0.25, 0.3) is 0 Å². The number of rotatable bonds is 58. The first-order chi connectivity index (χ1) is 33.5. The van der Waals surface area contributed by atoms with Gasteiger partial charge < -0.3 is 20.3 Å². The summed E-state index contributed by atoms with van der Waals surface area (Å²) in [4.78, 5) is 24.5. The molecule has 68 heavy (non-hydrogen) atoms. The highest BCUT2D eigenvalue weighted by atomic mass is 16.5. The molecule has 0 aromatic carbocycles. The van der Waals surface area contributed by atoms with Crippen molar-refractivity contribution in [3.8, 4) is 0 Å². The summed E-state index contributed by atoms with van der Waals surface area (Å²) in [5, 5.41) is 23.2. The maximum atomic E-state index is 12.4. The molecule has 0 aromatic rings. The predicted molar refractivity (Wildman–Crippen MR) is 297 cm³/mol. The third-order valence-corrected chi connectivity index (χ3v) is 14.6. The van der Waals surface area contributed by atoms with Crippen LogP contribution in [-0.4, -0.2) is 47.4 Å². The van der Waals surface area contributed by atoms with E-state index in [0.29, 0.717) is 25.9 Å². The van der Waals surface area contributed by atoms with Crippen molar-refractivity contribution >= 4 is 11.9 Å². The van der Waals surface area contributed by atoms with E-state index in [4.69, 9.17) is 4.74 Å². The third kappa shape index (κ3) is 53.9. The van der Waals surface area contributed by atoms with E-state index in [1.165, 1.54) is 276 Å². The first kappa shape index (κ1) is 66.6. The highest BCUT2D eigenvalue weighted by Crippen LogP contribution is 2.18. The molecule has 0 saturated heterocycles. The summed E-state index contributed by atoms with van der Waals surface area (Å²) in [6, 6.07) is -0.544. The molecule has 6 nitrogen and oxygen atoms in total. The Hall–Kier alpha value is -1.40. The van der Waals surface area contributed by atoms with Crippen LogP contribution in [0.5, 0.6) is 0 Å². The fourth-order valence-electron chi connectivity index (χ4n) is 9.81. The monoisotopic (exact) mass is 960 g/mol. The van der Waals surface area contributed by atoms with Crippen molar-refractivity contribution < 1.29 is 24.5 Å². The number of esters is 1. The molecule has 3 N–H and O–H groups in total. The van der Waals surface area contributed by atoms with Crippen molar-refractivity contribution in [1.29, 1.82) is 0 Å². The van der Waals surface area contributed by atoms with E-state index in [1.54, 1.807) is 0 Å². The van der Waals surface area contributed by atoms with Gasteiger partial charge in [-0.3, -0.25) is 9.59 Å². The van der Waals surface area contributed by atoms with Crippen molar-refractivity contribution in [3.05, 3.63) is 12.2 Å². The van der Waals surface area contributed by atoms with Gasteiger partial charge in [0, 0.05) is 12.8 Å². The summed E-state index contributed by atoms with van der Waals surface area (Å²) in [6.07, 6.45) is 69.4. The molecule has 0 bridgehead atoms. The molecule has 0 aliphatic heterocycles. The van der Waals surface area contributed by atoms with E-state index in [-0.39, 0.29) is 18.5 Å². The number of carbonyl (C=O) groups excluding carboxylic acids is 2. The zero-order valence-corrected chi connectivity index (χ0v) is 46.1. The number of aliphatic hydroxyl groups excluding tert-OH is 2. The molecule has 0 spiro atoms. The van der Waals surface area contributed by atoms with Crippen LogP contribution in [0, 0.1) is 0 Å². The van der Waals surface area contributed by atoms with Crippen LogP contribution in [0.25, 0.3) is 0 Å². The van der Waals surface area contributed by atoms with E-state index in [1.807, 2.05) is 0 Å². The molecular weight excluding hydrogens is 839 g/mol. The van der Waals surface area contributed by atoms with Crippen LogP contribution in [-0.2, 0) is 14.3 Å². The third-order valence-electron chi connectivity index (χ3n) is 14.6. The second-order valence-corrected chi connectivity index (χ2v) is 21.4. The molecule has 0 aromatic heterocycles. The molecule has 0 saturated carbocycles. The Kier molecular flexibility index (Phi) is 57.0. The smallest absolute Gasteiger partial charge is 0.305 e. The van der Waals surface area contributed by atoms with Gasteiger partial charge in [-0.05, 0) is 51.4 Å². The van der Waals surface area contributed by atoms with Crippen LogP contribution in [0.2, 0.25) is 0 Å². The molecule has 0 fully saturated rings. The first-order valence-electron chi connectivity index (χ1n) is 30.9. The Morgan fingerprint density at radius 1 is 0.397 bits per heavy atom. The average molecular weight is 961 g/mol. The molecule has 0 rings (SSSR count). The van der Waals surface area contributed by atoms with Gasteiger partial charge in [-0.25, -0.2) is 0 Å². The molecule has 0 aliphatic carbocycles. The number of allylic oxidation sites excluding steroid dienone is 2. The lowest BCUT2D eigenvalue weighted by Gasteiger charge is -2.22. The topological polar surface area (TPSA) is 95.9 Å². The van der Waals surface area contributed by atoms with Gasteiger partial charge in [-0.1, -0.05) is 296 Å². The summed E-state index contributed by atoms with van der Waals surface area (Å²) >= 11 is 0. The molecule has 2 atom stereocenters. The first-order valence-corrected chi connectivity index (χ1v) is 30.9. The van der Waals surface area contributed by atoms with Crippen LogP contribution >= 0.6 is 0 Å². The highest BCUT2D eigenvalue weighted by molar-refractivity contribution is 5.76. The summed E-state index contributed by atoms with van der Waals surface area (Å²) < 4.78 is 5.50. The zero-order chi connectivity index (χ0) is 49.3. The SMILES string of the molecule is CCCCCCCCCCCCCCCCCCCCC(=O)OCCCCCCCCCCCCC/C=C\CCCCCCCCCC(=O)NC(CO)C(O)CCCCCCCCCCCCC. The van der Waals surface area contributed by atoms with E-state index < -0.39 is 12.1 Å². The number of hydrogen-bond acceptors (Lipinski definition) is 5. The molecule has 0 aliphatic rings. The van der Waals surface area contributed by atoms with Crippen LogP contribution in [0.3, 0.4) is 0 Å². The van der Waals surface area contributed by atoms with Crippen molar-refractivity contribution in [2.75, 3.05) is 13.2 Å². The second-order valence-electron chi connectivity index (χ2n) is 21.4.